The highest BCUT2D eigenvalue weighted by Crippen LogP contribution is 2.33. The minimum Gasteiger partial charge on any atom is -0.390 e. The van der Waals surface area contributed by atoms with Crippen molar-refractivity contribution in [3.05, 3.63) is 53.5 Å². The Labute approximate surface area is 138 Å². The first-order valence-electron chi connectivity index (χ1n) is 8.27. The Hall–Kier alpha value is -1.94. The Balaban J connectivity index is 1.82. The third-order valence-corrected chi connectivity index (χ3v) is 5.14. The lowest BCUT2D eigenvalue weighted by molar-refractivity contribution is -0.0168. The minimum absolute atomic E-state index is 0.188. The molecule has 0 saturated carbocycles. The molecule has 1 N–H and O–H groups in total. The zero-order valence-corrected chi connectivity index (χ0v) is 14.2. The van der Waals surface area contributed by atoms with Crippen LogP contribution in [0.5, 0.6) is 0 Å². The van der Waals surface area contributed by atoms with Gasteiger partial charge in [0.15, 0.2) is 0 Å². The first-order valence-corrected chi connectivity index (χ1v) is 8.27. The second-order valence-corrected chi connectivity index (χ2v) is 6.85. The number of aliphatic hydroxyl groups is 1. The molecule has 0 radical (unpaired) electrons. The molecule has 1 aliphatic heterocycles. The van der Waals surface area contributed by atoms with E-state index in [0.717, 1.165) is 43.0 Å². The van der Waals surface area contributed by atoms with Crippen molar-refractivity contribution in [2.75, 3.05) is 18.0 Å². The summed E-state index contributed by atoms with van der Waals surface area (Å²) in [6, 6.07) is 10.4. The molecule has 3 rings (SSSR count). The third kappa shape index (κ3) is 3.37. The maximum atomic E-state index is 10.8. The van der Waals surface area contributed by atoms with Crippen LogP contribution in [0.4, 0.5) is 5.82 Å². The fraction of sp³-hybridized carbons (Fsp3) is 0.474. The van der Waals surface area contributed by atoms with Crippen LogP contribution in [-0.4, -0.2) is 33.8 Å². The molecule has 1 fully saturated rings. The van der Waals surface area contributed by atoms with E-state index in [1.807, 2.05) is 19.9 Å². The zero-order chi connectivity index (χ0) is 16.4. The van der Waals surface area contributed by atoms with Crippen LogP contribution >= 0.6 is 0 Å². The molecule has 2 atom stereocenters. The molecule has 122 valence electrons. The van der Waals surface area contributed by atoms with E-state index < -0.39 is 5.60 Å². The highest BCUT2D eigenvalue weighted by Gasteiger charge is 2.38. The molecule has 2 heterocycles. The molecule has 1 aromatic carbocycles. The average Bonchev–Trinajstić information content (AvgIpc) is 2.53. The van der Waals surface area contributed by atoms with Crippen LogP contribution < -0.4 is 4.90 Å². The number of benzene rings is 1. The number of rotatable bonds is 3. The standard InChI is InChI=1S/C19H25N3O/c1-14-15(2)20-13-21-18(14)22-10-9-19(3,23)17(12-22)11-16-7-5-4-6-8-16/h4-8,13,17,23H,9-12H2,1-3H3/t17-,19+/m1/s1. The van der Waals surface area contributed by atoms with Crippen LogP contribution in [0.1, 0.15) is 30.2 Å². The monoisotopic (exact) mass is 311 g/mol. The lowest BCUT2D eigenvalue weighted by Crippen LogP contribution is -2.51. The van der Waals surface area contributed by atoms with Crippen LogP contribution in [0, 0.1) is 19.8 Å². The van der Waals surface area contributed by atoms with Crippen LogP contribution in [0.3, 0.4) is 0 Å². The van der Waals surface area contributed by atoms with Crippen molar-refractivity contribution in [2.45, 2.75) is 39.2 Å². The van der Waals surface area contributed by atoms with Gasteiger partial charge in [0.1, 0.15) is 12.1 Å². The van der Waals surface area contributed by atoms with Crippen molar-refractivity contribution < 1.29 is 5.11 Å². The Morgan fingerprint density at radius 1 is 1.22 bits per heavy atom. The number of nitrogens with zero attached hydrogens (tertiary/aromatic N) is 3. The molecule has 0 amide bonds. The summed E-state index contributed by atoms with van der Waals surface area (Å²) in [7, 11) is 0. The van der Waals surface area contributed by atoms with Gasteiger partial charge in [-0.1, -0.05) is 30.3 Å². The molecule has 1 aliphatic rings. The van der Waals surface area contributed by atoms with E-state index in [-0.39, 0.29) is 5.92 Å². The quantitative estimate of drug-likeness (QED) is 0.947. The van der Waals surface area contributed by atoms with Crippen LogP contribution in [0.2, 0.25) is 0 Å². The Morgan fingerprint density at radius 2 is 1.96 bits per heavy atom. The molecule has 1 saturated heterocycles. The minimum atomic E-state index is -0.637. The van der Waals surface area contributed by atoms with Gasteiger partial charge in [-0.25, -0.2) is 9.97 Å². The van der Waals surface area contributed by atoms with Crippen LogP contribution in [0.25, 0.3) is 0 Å². The molecule has 23 heavy (non-hydrogen) atoms. The number of aromatic nitrogens is 2. The number of aryl methyl sites for hydroxylation is 1. The molecule has 0 bridgehead atoms. The topological polar surface area (TPSA) is 49.2 Å². The maximum absolute atomic E-state index is 10.8. The fourth-order valence-electron chi connectivity index (χ4n) is 3.34. The van der Waals surface area contributed by atoms with E-state index in [1.165, 1.54) is 5.56 Å². The first-order chi connectivity index (χ1) is 11.0. The average molecular weight is 311 g/mol. The van der Waals surface area contributed by atoms with Gasteiger partial charge in [-0.15, -0.1) is 0 Å². The summed E-state index contributed by atoms with van der Waals surface area (Å²) < 4.78 is 0. The van der Waals surface area contributed by atoms with E-state index in [4.69, 9.17) is 0 Å². The Bertz CT molecular complexity index is 670. The second-order valence-electron chi connectivity index (χ2n) is 6.85. The summed E-state index contributed by atoms with van der Waals surface area (Å²) in [5.41, 5.74) is 2.79. The van der Waals surface area contributed by atoms with E-state index in [2.05, 4.69) is 46.1 Å². The van der Waals surface area contributed by atoms with Crippen molar-refractivity contribution in [1.82, 2.24) is 9.97 Å². The molecule has 2 aromatic rings. The predicted octanol–water partition coefficient (Wildman–Crippen LogP) is 2.91. The summed E-state index contributed by atoms with van der Waals surface area (Å²) in [6.07, 6.45) is 3.27. The zero-order valence-electron chi connectivity index (χ0n) is 14.2. The molecule has 4 heteroatoms. The summed E-state index contributed by atoms with van der Waals surface area (Å²) in [4.78, 5) is 11.0. The molecule has 0 aliphatic carbocycles. The largest absolute Gasteiger partial charge is 0.390 e. The molecule has 4 nitrogen and oxygen atoms in total. The maximum Gasteiger partial charge on any atom is 0.135 e. The van der Waals surface area contributed by atoms with E-state index in [0.29, 0.717) is 0 Å². The highest BCUT2D eigenvalue weighted by atomic mass is 16.3. The summed E-state index contributed by atoms with van der Waals surface area (Å²) >= 11 is 0. The van der Waals surface area contributed by atoms with Crippen molar-refractivity contribution in [1.29, 1.82) is 0 Å². The SMILES string of the molecule is Cc1ncnc(N2CC[C@](C)(O)[C@H](Cc3ccccc3)C2)c1C. The van der Waals surface area contributed by atoms with Crippen molar-refractivity contribution in [3.8, 4) is 0 Å². The van der Waals surface area contributed by atoms with Crippen molar-refractivity contribution in [3.63, 3.8) is 0 Å². The number of hydrogen-bond donors (Lipinski definition) is 1. The molecular formula is C19H25N3O. The number of hydrogen-bond acceptors (Lipinski definition) is 4. The Morgan fingerprint density at radius 3 is 2.70 bits per heavy atom. The molecule has 0 spiro atoms. The van der Waals surface area contributed by atoms with Gasteiger partial charge in [0, 0.05) is 30.3 Å². The number of anilines is 1. The first kappa shape index (κ1) is 15.9. The highest BCUT2D eigenvalue weighted by molar-refractivity contribution is 5.48. The van der Waals surface area contributed by atoms with E-state index in [1.54, 1.807) is 6.33 Å². The number of piperidine rings is 1. The van der Waals surface area contributed by atoms with Gasteiger partial charge in [-0.3, -0.25) is 0 Å². The van der Waals surface area contributed by atoms with Crippen molar-refractivity contribution >= 4 is 5.82 Å². The molecule has 0 unspecified atom stereocenters. The van der Waals surface area contributed by atoms with Gasteiger partial charge >= 0.3 is 0 Å². The normalized spacial score (nSPS) is 24.7. The van der Waals surface area contributed by atoms with Gasteiger partial charge in [0.2, 0.25) is 0 Å². The van der Waals surface area contributed by atoms with E-state index in [9.17, 15) is 5.11 Å². The van der Waals surface area contributed by atoms with Gasteiger partial charge in [-0.2, -0.15) is 0 Å². The Kier molecular flexibility index (Phi) is 4.35. The van der Waals surface area contributed by atoms with Gasteiger partial charge in [0.25, 0.3) is 0 Å². The van der Waals surface area contributed by atoms with Gasteiger partial charge in [-0.05, 0) is 39.2 Å². The van der Waals surface area contributed by atoms with Crippen LogP contribution in [-0.2, 0) is 6.42 Å². The summed E-state index contributed by atoms with van der Waals surface area (Å²) in [6.45, 7) is 7.70. The van der Waals surface area contributed by atoms with Crippen molar-refractivity contribution in [2.24, 2.45) is 5.92 Å². The second kappa shape index (κ2) is 6.28. The smallest absolute Gasteiger partial charge is 0.135 e. The van der Waals surface area contributed by atoms with Gasteiger partial charge in [0.05, 0.1) is 5.60 Å². The van der Waals surface area contributed by atoms with Crippen LogP contribution in [0.15, 0.2) is 36.7 Å². The lowest BCUT2D eigenvalue weighted by Gasteiger charge is -2.43. The van der Waals surface area contributed by atoms with Gasteiger partial charge < -0.3 is 10.0 Å². The molecular weight excluding hydrogens is 286 g/mol. The lowest BCUT2D eigenvalue weighted by atomic mass is 9.79. The van der Waals surface area contributed by atoms with E-state index >= 15 is 0 Å². The summed E-state index contributed by atoms with van der Waals surface area (Å²) in [5, 5.41) is 10.8. The summed E-state index contributed by atoms with van der Waals surface area (Å²) in [5.74, 6) is 1.19. The molecule has 1 aromatic heterocycles. The fourth-order valence-corrected chi connectivity index (χ4v) is 3.34. The predicted molar refractivity (Wildman–Crippen MR) is 92.6 cm³/mol. The third-order valence-electron chi connectivity index (χ3n) is 5.14.